The third-order valence-corrected chi connectivity index (χ3v) is 12.5. The molecule has 0 saturated carbocycles. The van der Waals surface area contributed by atoms with Crippen LogP contribution in [0.2, 0.25) is 0 Å². The van der Waals surface area contributed by atoms with Crippen molar-refractivity contribution in [3.8, 4) is 11.8 Å². The molecule has 12 heterocycles. The number of nitrogens with zero attached hydrogens (tertiary/aromatic N) is 24. The first kappa shape index (κ1) is 92.9. The third kappa shape index (κ3) is 29.5. The van der Waals surface area contributed by atoms with Crippen LogP contribution in [-0.2, 0) is 55.1 Å². The topological polar surface area (TPSA) is 382 Å². The number of nitrogens with one attached hydrogen (secondary N) is 2. The molecule has 31 heteroatoms. The van der Waals surface area contributed by atoms with E-state index in [0.717, 1.165) is 80.4 Å². The van der Waals surface area contributed by atoms with Gasteiger partial charge in [0.1, 0.15) is 46.7 Å². The normalized spacial score (nSPS) is 11.0. The Morgan fingerprint density at radius 3 is 1.00 bits per heavy atom. The van der Waals surface area contributed by atoms with Crippen molar-refractivity contribution < 1.29 is 9.47 Å². The second kappa shape index (κ2) is 41.4. The Hall–Kier alpha value is -10.1. The highest BCUT2D eigenvalue weighted by Crippen LogP contribution is 2.29. The van der Waals surface area contributed by atoms with Crippen LogP contribution < -0.4 is 37.3 Å². The lowest BCUT2D eigenvalue weighted by molar-refractivity contribution is 0.125. The molecule has 0 fully saturated rings. The number of imidazole rings is 6. The molecule has 0 atom stereocenters. The maximum absolute atomic E-state index is 5.71. The van der Waals surface area contributed by atoms with Gasteiger partial charge in [-0.1, -0.05) is 125 Å². The summed E-state index contributed by atoms with van der Waals surface area (Å²) in [6, 6.07) is 0. The second-order valence-corrected chi connectivity index (χ2v) is 28.9. The van der Waals surface area contributed by atoms with Gasteiger partial charge in [0.15, 0.2) is 62.1 Å². The van der Waals surface area contributed by atoms with Crippen molar-refractivity contribution in [2.24, 2.45) is 53.1 Å². The van der Waals surface area contributed by atoms with E-state index in [1.807, 2.05) is 190 Å². The summed E-state index contributed by atoms with van der Waals surface area (Å²) >= 11 is 0. The molecule has 582 valence electrons. The summed E-state index contributed by atoms with van der Waals surface area (Å²) in [6.07, 6.45) is 16.8. The standard InChI is InChI=1S/C11H17N5.C11H16N4.C10H16N6.C10H15N5O.C10H15N5.C10H14N4O.6C2H6/c1-11(2,3)5-7-8-9(15-10(12)14-7)16(4)6-13-8;1-11(2,3)5-8-9-10(13-6-12-8)15(4)7-14-9;1-10(2,3)15-7-6-8(14-9(11)13-7)16(4)5-12-6;1-10(2,3)16-8-6-7(13-9(11)14-8)15(4)5-12-6;1-10(2,3)14-8-7-9(12-5-11-8)15(4)6-13-7;1-10(2,3)15-9-7-8(11-5-12-9)14(4)6-13-7;6*1-2/h6H,5H2,1-4H3,(H2,12,14,15);6-7H,5H2,1-4H3;5H,1-4H3,(H3,11,13,14,15);5H,1-4H3,(H2,11,13,14);5-6H,1-4H3,(H,11,12,14);5-6H,1-4H3;6*1-2H3. The molecule has 12 aromatic rings. The third-order valence-electron chi connectivity index (χ3n) is 12.5. The average molecular weight is 1460 g/mol. The smallest absolute Gasteiger partial charge is 0.247 e. The van der Waals surface area contributed by atoms with Crippen molar-refractivity contribution >= 4 is 96.5 Å². The van der Waals surface area contributed by atoms with Crippen LogP contribution in [0.1, 0.15) is 219 Å². The van der Waals surface area contributed by atoms with Crippen LogP contribution in [0.5, 0.6) is 11.8 Å². The summed E-state index contributed by atoms with van der Waals surface area (Å²) in [5.74, 6) is 3.18. The van der Waals surface area contributed by atoms with Gasteiger partial charge in [-0.2, -0.15) is 29.9 Å². The monoisotopic (exact) mass is 1460 g/mol. The molecular formula is C74H129N29O2. The van der Waals surface area contributed by atoms with E-state index < -0.39 is 0 Å². The lowest BCUT2D eigenvalue weighted by atomic mass is 9.90. The molecular weight excluding hydrogens is 1330 g/mol. The predicted molar refractivity (Wildman–Crippen MR) is 433 cm³/mol. The van der Waals surface area contributed by atoms with E-state index in [9.17, 15) is 0 Å². The van der Waals surface area contributed by atoms with Crippen molar-refractivity contribution in [3.05, 3.63) is 68.3 Å². The Labute approximate surface area is 624 Å². The number of hydrogen-bond acceptors (Lipinski definition) is 25. The fraction of sp³-hybridized carbons (Fsp3) is 0.595. The van der Waals surface area contributed by atoms with Gasteiger partial charge in [-0.25, -0.2) is 59.8 Å². The highest BCUT2D eigenvalue weighted by atomic mass is 16.5. The predicted octanol–water partition coefficient (Wildman–Crippen LogP) is 15.0. The van der Waals surface area contributed by atoms with Crippen LogP contribution in [0.4, 0.5) is 29.5 Å². The molecule has 0 aliphatic heterocycles. The van der Waals surface area contributed by atoms with Crippen LogP contribution in [0.3, 0.4) is 0 Å². The number of nitrogen functional groups attached to an aromatic ring is 3. The fourth-order valence-corrected chi connectivity index (χ4v) is 8.84. The Kier molecular flexibility index (Phi) is 36.6. The number of rotatable bonds is 6. The minimum Gasteiger partial charge on any atom is -0.470 e. The van der Waals surface area contributed by atoms with Gasteiger partial charge in [0.2, 0.25) is 29.6 Å². The van der Waals surface area contributed by atoms with Crippen LogP contribution in [0, 0.1) is 10.8 Å². The number of nitrogens with two attached hydrogens (primary N) is 3. The summed E-state index contributed by atoms with van der Waals surface area (Å²) < 4.78 is 22.5. The lowest BCUT2D eigenvalue weighted by Crippen LogP contribution is -2.27. The number of anilines is 5. The zero-order valence-electron chi connectivity index (χ0n) is 70.4. The molecule has 0 saturated heterocycles. The first-order chi connectivity index (χ1) is 49.0. The van der Waals surface area contributed by atoms with Crippen molar-refractivity contribution in [2.45, 2.75) is 243 Å². The molecule has 0 aliphatic rings. The quantitative estimate of drug-likeness (QED) is 0.103. The Morgan fingerprint density at radius 1 is 0.295 bits per heavy atom. The number of aromatic nitrogens is 24. The molecule has 31 nitrogen and oxygen atoms in total. The fourth-order valence-electron chi connectivity index (χ4n) is 8.84. The maximum atomic E-state index is 5.71. The van der Waals surface area contributed by atoms with Gasteiger partial charge < -0.3 is 64.7 Å². The molecule has 8 N–H and O–H groups in total. The second-order valence-electron chi connectivity index (χ2n) is 28.9. The van der Waals surface area contributed by atoms with Crippen LogP contribution in [0.15, 0.2) is 56.9 Å². The van der Waals surface area contributed by atoms with Gasteiger partial charge in [0.25, 0.3) is 0 Å². The lowest BCUT2D eigenvalue weighted by Gasteiger charge is -2.21. The maximum Gasteiger partial charge on any atom is 0.247 e. The van der Waals surface area contributed by atoms with Gasteiger partial charge in [0.05, 0.1) is 49.4 Å². The molecule has 0 unspecified atom stereocenters. The Balaban J connectivity index is 0.000000611. The van der Waals surface area contributed by atoms with E-state index in [-0.39, 0.29) is 45.0 Å². The Bertz CT molecular complexity index is 4040. The highest BCUT2D eigenvalue weighted by molar-refractivity contribution is 5.85. The molecule has 105 heavy (non-hydrogen) atoms. The molecule has 0 amide bonds. The highest BCUT2D eigenvalue weighted by Gasteiger charge is 2.23. The molecule has 0 bridgehead atoms. The number of fused-ring (bicyclic) bond motifs is 6. The summed E-state index contributed by atoms with van der Waals surface area (Å²) in [5.41, 5.74) is 28.0. The molecule has 12 rings (SSSR count). The summed E-state index contributed by atoms with van der Waals surface area (Å²) in [5, 5.41) is 6.58. The first-order valence-corrected chi connectivity index (χ1v) is 36.1. The van der Waals surface area contributed by atoms with Crippen LogP contribution >= 0.6 is 0 Å². The number of ether oxygens (including phenoxy) is 2. The average Bonchev–Trinajstić information content (AvgIpc) is 1.74. The van der Waals surface area contributed by atoms with Gasteiger partial charge in [-0.3, -0.25) is 0 Å². The minimum atomic E-state index is -0.342. The first-order valence-electron chi connectivity index (χ1n) is 36.1. The minimum absolute atomic E-state index is 0.0290. The zero-order chi connectivity index (χ0) is 80.9. The van der Waals surface area contributed by atoms with Crippen molar-refractivity contribution in [1.29, 1.82) is 0 Å². The van der Waals surface area contributed by atoms with Crippen molar-refractivity contribution in [2.75, 3.05) is 27.8 Å². The van der Waals surface area contributed by atoms with E-state index in [0.29, 0.717) is 40.2 Å². The van der Waals surface area contributed by atoms with Gasteiger partial charge in [0, 0.05) is 53.4 Å². The van der Waals surface area contributed by atoms with Gasteiger partial charge in [-0.15, -0.1) is 0 Å². The van der Waals surface area contributed by atoms with Crippen molar-refractivity contribution in [3.63, 3.8) is 0 Å². The van der Waals surface area contributed by atoms with E-state index in [4.69, 9.17) is 26.7 Å². The summed E-state index contributed by atoms with van der Waals surface area (Å²) in [4.78, 5) is 75.8. The van der Waals surface area contributed by atoms with Crippen LogP contribution in [0.25, 0.3) is 67.0 Å². The molecule has 0 aromatic carbocycles. The van der Waals surface area contributed by atoms with E-state index in [2.05, 4.69) is 183 Å². The number of aryl methyl sites for hydroxylation is 6. The van der Waals surface area contributed by atoms with Gasteiger partial charge in [-0.05, 0) is 107 Å². The number of hydrogen-bond donors (Lipinski definition) is 5. The van der Waals surface area contributed by atoms with E-state index in [1.54, 1.807) is 55.2 Å². The Morgan fingerprint density at radius 2 is 0.581 bits per heavy atom. The zero-order valence-corrected chi connectivity index (χ0v) is 70.4. The summed E-state index contributed by atoms with van der Waals surface area (Å²) in [6.45, 7) is 61.3. The van der Waals surface area contributed by atoms with E-state index in [1.165, 1.54) is 6.33 Å². The SMILES string of the molecule is CC.CC.CC.CC.CC.CC.Cn1cnc2c(CC(C)(C)C)nc(N)nc21.Cn1cnc2c(CC(C)(C)C)ncnc21.Cn1cnc2c(NC(C)(C)C)nc(N)nc21.Cn1cnc2c(NC(C)(C)C)ncnc21.Cn1cnc2c(OC(C)(C)C)nc(N)nc21.Cn1cnc2c(OC(C)(C)C)ncnc21. The molecule has 0 aliphatic carbocycles. The largest absolute Gasteiger partial charge is 0.470 e. The molecule has 12 aromatic heterocycles. The van der Waals surface area contributed by atoms with Crippen LogP contribution in [-0.4, -0.2) is 139 Å². The molecule has 0 radical (unpaired) electrons. The van der Waals surface area contributed by atoms with Gasteiger partial charge >= 0.3 is 0 Å². The van der Waals surface area contributed by atoms with Crippen molar-refractivity contribution in [1.82, 2.24) is 117 Å². The molecule has 0 spiro atoms. The summed E-state index contributed by atoms with van der Waals surface area (Å²) in [7, 11) is 11.4. The van der Waals surface area contributed by atoms with E-state index >= 15 is 0 Å².